The number of esters is 6. The Balaban J connectivity index is 1.46. The lowest BCUT2D eigenvalue weighted by Crippen LogP contribution is -2.45. The summed E-state index contributed by atoms with van der Waals surface area (Å²) in [4.78, 5) is 88.0. The van der Waals surface area contributed by atoms with Gasteiger partial charge in [-0.25, -0.2) is 9.59 Å². The Morgan fingerprint density at radius 2 is 1.29 bits per heavy atom. The van der Waals surface area contributed by atoms with Crippen LogP contribution in [0.15, 0.2) is 84.9 Å². The molecule has 0 spiro atoms. The number of carbonyl (C=O) groups is 7. The van der Waals surface area contributed by atoms with E-state index in [0.717, 1.165) is 31.5 Å². The van der Waals surface area contributed by atoms with Crippen molar-refractivity contribution in [3.8, 4) is 34.5 Å². The molecule has 0 saturated carbocycles. The molecule has 1 heterocycles. The third-order valence-electron chi connectivity index (χ3n) is 8.26. The summed E-state index contributed by atoms with van der Waals surface area (Å²) in [5.74, 6) is -6.42. The van der Waals surface area contributed by atoms with Crippen molar-refractivity contribution in [3.05, 3.63) is 107 Å². The lowest BCUT2D eigenvalue weighted by Gasteiger charge is -2.34. The first kappa shape index (κ1) is 41.9. The minimum Gasteiger partial charge on any atom is -0.481 e. The van der Waals surface area contributed by atoms with Crippen molar-refractivity contribution in [2.45, 2.75) is 58.8 Å². The van der Waals surface area contributed by atoms with Gasteiger partial charge in [-0.2, -0.15) is 0 Å². The third kappa shape index (κ3) is 11.2. The van der Waals surface area contributed by atoms with Gasteiger partial charge in [0.05, 0.1) is 12.7 Å². The van der Waals surface area contributed by atoms with Gasteiger partial charge in [0.2, 0.25) is 5.75 Å². The zero-order chi connectivity index (χ0) is 41.9. The smallest absolute Gasteiger partial charge is 0.338 e. The summed E-state index contributed by atoms with van der Waals surface area (Å²) >= 11 is 0. The minimum absolute atomic E-state index is 0.00612. The minimum atomic E-state index is -1.09. The molecule has 4 aromatic carbocycles. The first-order valence-corrected chi connectivity index (χ1v) is 17.8. The van der Waals surface area contributed by atoms with Gasteiger partial charge >= 0.3 is 35.8 Å². The molecule has 302 valence electrons. The lowest BCUT2D eigenvalue weighted by molar-refractivity contribution is -0.145. The largest absolute Gasteiger partial charge is 0.481 e. The maximum atomic E-state index is 14.0. The van der Waals surface area contributed by atoms with Crippen LogP contribution in [0.4, 0.5) is 0 Å². The SMILES string of the molecule is COC(=O)[C@H](Cc1ccccc1)NC(=O)COc1c(OC(C)=O)cc(C(=O)O[C@@H]2Cc3c(OC(C)=O)cc(OC(C)=O)cc3O[C@@H]2c2ccccc2)cc1OC(C)=O. The quantitative estimate of drug-likeness (QED) is 0.137. The molecule has 1 aliphatic rings. The molecule has 3 atom stereocenters. The summed E-state index contributed by atoms with van der Waals surface area (Å²) in [7, 11) is 1.18. The molecule has 4 aromatic rings. The molecular formula is C42H39NO15. The standard InChI is InChI=1S/C42H39NO15/c1-23(44)53-30-19-33(54-24(2)45)31-21-37(39(57-34(31)20-30)28-14-10-7-11-15-28)58-41(49)29-17-35(55-25(3)46)40(36(18-29)56-26(4)47)52-22-38(48)43-32(42(50)51-5)16-27-12-8-6-9-13-27/h6-15,17-20,32,37,39H,16,21-22H2,1-5H3,(H,43,48)/t32-,37+,39+/m0/s1. The van der Waals surface area contributed by atoms with Crippen molar-refractivity contribution in [3.63, 3.8) is 0 Å². The Labute approximate surface area is 332 Å². The molecule has 5 rings (SSSR count). The van der Waals surface area contributed by atoms with E-state index >= 15 is 0 Å². The van der Waals surface area contributed by atoms with Crippen molar-refractivity contribution < 1.29 is 71.5 Å². The molecule has 0 saturated heterocycles. The third-order valence-corrected chi connectivity index (χ3v) is 8.26. The molecule has 0 aromatic heterocycles. The second-order valence-electron chi connectivity index (χ2n) is 12.8. The Morgan fingerprint density at radius 3 is 1.86 bits per heavy atom. The second kappa shape index (κ2) is 19.1. The van der Waals surface area contributed by atoms with Crippen molar-refractivity contribution in [1.29, 1.82) is 0 Å². The van der Waals surface area contributed by atoms with Crippen LogP contribution in [0, 0.1) is 0 Å². The van der Waals surface area contributed by atoms with E-state index in [1.165, 1.54) is 33.1 Å². The molecule has 1 N–H and O–H groups in total. The van der Waals surface area contributed by atoms with Gasteiger partial charge in [-0.1, -0.05) is 60.7 Å². The van der Waals surface area contributed by atoms with E-state index in [1.807, 2.05) is 0 Å². The highest BCUT2D eigenvalue weighted by atomic mass is 16.6. The first-order chi connectivity index (χ1) is 27.7. The number of nitrogens with one attached hydrogen (secondary N) is 1. The van der Waals surface area contributed by atoms with Gasteiger partial charge in [-0.05, 0) is 23.3 Å². The van der Waals surface area contributed by atoms with E-state index in [-0.39, 0.29) is 41.4 Å². The molecule has 16 heteroatoms. The fraction of sp³-hybridized carbons (Fsp3) is 0.262. The number of hydrogen-bond donors (Lipinski definition) is 1. The predicted octanol–water partition coefficient (Wildman–Crippen LogP) is 4.57. The topological polar surface area (TPSA) is 205 Å². The van der Waals surface area contributed by atoms with Crippen LogP contribution in [-0.4, -0.2) is 67.6 Å². The first-order valence-electron chi connectivity index (χ1n) is 17.8. The van der Waals surface area contributed by atoms with Gasteiger partial charge in [-0.15, -0.1) is 0 Å². The van der Waals surface area contributed by atoms with Crippen LogP contribution in [0.25, 0.3) is 0 Å². The van der Waals surface area contributed by atoms with E-state index in [1.54, 1.807) is 60.7 Å². The van der Waals surface area contributed by atoms with E-state index in [4.69, 9.17) is 37.9 Å². The van der Waals surface area contributed by atoms with E-state index in [9.17, 15) is 33.6 Å². The van der Waals surface area contributed by atoms with Gasteiger partial charge in [0.15, 0.2) is 24.2 Å². The maximum absolute atomic E-state index is 14.0. The Hall–Kier alpha value is -7.23. The van der Waals surface area contributed by atoms with Crippen LogP contribution in [0.3, 0.4) is 0 Å². The molecule has 16 nitrogen and oxygen atoms in total. The van der Waals surface area contributed by atoms with Gasteiger partial charge in [0.1, 0.15) is 29.4 Å². The van der Waals surface area contributed by atoms with Crippen molar-refractivity contribution in [2.24, 2.45) is 0 Å². The van der Waals surface area contributed by atoms with Crippen LogP contribution in [0.1, 0.15) is 60.8 Å². The van der Waals surface area contributed by atoms with Crippen LogP contribution in [0.2, 0.25) is 0 Å². The molecule has 0 aliphatic carbocycles. The number of hydrogen-bond acceptors (Lipinski definition) is 15. The summed E-state index contributed by atoms with van der Waals surface area (Å²) < 4.78 is 44.3. The zero-order valence-electron chi connectivity index (χ0n) is 32.1. The zero-order valence-corrected chi connectivity index (χ0v) is 32.1. The highest BCUT2D eigenvalue weighted by Crippen LogP contribution is 2.45. The Kier molecular flexibility index (Phi) is 13.8. The van der Waals surface area contributed by atoms with Crippen molar-refractivity contribution in [1.82, 2.24) is 5.32 Å². The van der Waals surface area contributed by atoms with Gasteiger partial charge in [0.25, 0.3) is 5.91 Å². The van der Waals surface area contributed by atoms with Crippen LogP contribution < -0.4 is 33.7 Å². The molecule has 0 fully saturated rings. The highest BCUT2D eigenvalue weighted by Gasteiger charge is 2.38. The number of methoxy groups -OCH3 is 1. The average molecular weight is 798 g/mol. The summed E-state index contributed by atoms with van der Waals surface area (Å²) in [6.45, 7) is 3.79. The number of benzene rings is 4. The Morgan fingerprint density at radius 1 is 0.724 bits per heavy atom. The number of fused-ring (bicyclic) bond motifs is 1. The van der Waals surface area contributed by atoms with Gasteiger partial charge in [0, 0.05) is 58.2 Å². The van der Waals surface area contributed by atoms with Crippen LogP contribution in [-0.2, 0) is 51.1 Å². The Bertz CT molecular complexity index is 2170. The molecule has 1 aliphatic heterocycles. The maximum Gasteiger partial charge on any atom is 0.338 e. The lowest BCUT2D eigenvalue weighted by atomic mass is 9.93. The number of rotatable bonds is 14. The molecule has 0 radical (unpaired) electrons. The van der Waals surface area contributed by atoms with Crippen LogP contribution in [0.5, 0.6) is 34.5 Å². The predicted molar refractivity (Wildman–Crippen MR) is 200 cm³/mol. The molecule has 0 bridgehead atoms. The summed E-state index contributed by atoms with van der Waals surface area (Å²) in [5, 5.41) is 2.54. The second-order valence-corrected chi connectivity index (χ2v) is 12.8. The average Bonchev–Trinajstić information content (AvgIpc) is 3.16. The molecule has 0 unspecified atom stereocenters. The fourth-order valence-corrected chi connectivity index (χ4v) is 5.99. The molecular weight excluding hydrogens is 758 g/mol. The van der Waals surface area contributed by atoms with Crippen molar-refractivity contribution in [2.75, 3.05) is 13.7 Å². The van der Waals surface area contributed by atoms with Crippen LogP contribution >= 0.6 is 0 Å². The highest BCUT2D eigenvalue weighted by molar-refractivity contribution is 5.92. The summed E-state index contributed by atoms with van der Waals surface area (Å²) in [6, 6.07) is 21.6. The van der Waals surface area contributed by atoms with Gasteiger partial charge < -0.3 is 43.2 Å². The van der Waals surface area contributed by atoms with Crippen molar-refractivity contribution >= 4 is 41.7 Å². The number of carbonyl (C=O) groups excluding carboxylic acids is 7. The summed E-state index contributed by atoms with van der Waals surface area (Å²) in [6.07, 6.45) is -1.96. The number of amides is 1. The van der Waals surface area contributed by atoms with E-state index < -0.39 is 78.1 Å². The van der Waals surface area contributed by atoms with E-state index in [0.29, 0.717) is 11.1 Å². The number of ether oxygens (including phenoxy) is 8. The summed E-state index contributed by atoms with van der Waals surface area (Å²) in [5.41, 5.74) is 1.41. The normalized spacial score (nSPS) is 14.6. The molecule has 58 heavy (non-hydrogen) atoms. The fourth-order valence-electron chi connectivity index (χ4n) is 5.99. The van der Waals surface area contributed by atoms with Gasteiger partial charge in [-0.3, -0.25) is 24.0 Å². The van der Waals surface area contributed by atoms with E-state index in [2.05, 4.69) is 5.32 Å². The molecule has 1 amide bonds. The monoisotopic (exact) mass is 797 g/mol.